The normalized spacial score (nSPS) is 14.0. The Hall–Kier alpha value is -4.00. The number of carboxylic acid groups (broad SMARTS) is 2. The summed E-state index contributed by atoms with van der Waals surface area (Å²) in [4.78, 5) is 72.4. The molecule has 13 nitrogen and oxygen atoms in total. The molecule has 1 rings (SSSR count). The van der Waals surface area contributed by atoms with E-state index in [0.29, 0.717) is 5.56 Å². The molecule has 1 aromatic carbocycles. The van der Waals surface area contributed by atoms with Gasteiger partial charge in [-0.3, -0.25) is 24.0 Å². The van der Waals surface area contributed by atoms with Gasteiger partial charge in [-0.25, -0.2) is 4.79 Å². The highest BCUT2D eigenvalue weighted by Gasteiger charge is 2.31. The van der Waals surface area contributed by atoms with Crippen LogP contribution in [-0.2, 0) is 35.2 Å². The molecule has 0 saturated carbocycles. The van der Waals surface area contributed by atoms with Crippen molar-refractivity contribution in [1.29, 1.82) is 0 Å². The van der Waals surface area contributed by atoms with Crippen molar-refractivity contribution >= 4 is 35.6 Å². The highest BCUT2D eigenvalue weighted by Crippen LogP contribution is 2.09. The smallest absolute Gasteiger partial charge is 0.326 e. The van der Waals surface area contributed by atoms with E-state index >= 15 is 0 Å². The van der Waals surface area contributed by atoms with Gasteiger partial charge in [0.2, 0.25) is 23.6 Å². The fourth-order valence-corrected chi connectivity index (χ4v) is 3.54. The molecule has 0 saturated heterocycles. The van der Waals surface area contributed by atoms with Crippen molar-refractivity contribution in [2.24, 2.45) is 17.4 Å². The van der Waals surface area contributed by atoms with Crippen LogP contribution < -0.4 is 27.4 Å². The Morgan fingerprint density at radius 1 is 0.789 bits per heavy atom. The molecule has 0 radical (unpaired) electrons. The number of hydrogen-bond donors (Lipinski definition) is 7. The number of nitrogens with two attached hydrogens (primary N) is 2. The monoisotopic (exact) mass is 535 g/mol. The van der Waals surface area contributed by atoms with Crippen molar-refractivity contribution in [3.8, 4) is 0 Å². The fraction of sp³-hybridized carbons (Fsp3) is 0.520. The third-order valence-electron chi connectivity index (χ3n) is 5.56. The lowest BCUT2D eigenvalue weighted by Gasteiger charge is -2.26. The number of nitrogens with one attached hydrogen (secondary N) is 3. The van der Waals surface area contributed by atoms with Crippen molar-refractivity contribution in [3.05, 3.63) is 35.9 Å². The van der Waals surface area contributed by atoms with E-state index in [0.717, 1.165) is 0 Å². The molecule has 9 N–H and O–H groups in total. The molecule has 4 amide bonds. The summed E-state index contributed by atoms with van der Waals surface area (Å²) in [7, 11) is 0. The number of primary amides is 1. The number of rotatable bonds is 17. The third-order valence-corrected chi connectivity index (χ3v) is 5.56. The third kappa shape index (κ3) is 12.3. The van der Waals surface area contributed by atoms with E-state index in [1.165, 1.54) is 0 Å². The summed E-state index contributed by atoms with van der Waals surface area (Å²) < 4.78 is 0. The van der Waals surface area contributed by atoms with Crippen molar-refractivity contribution in [3.63, 3.8) is 0 Å². The summed E-state index contributed by atoms with van der Waals surface area (Å²) in [6.07, 6.45) is -0.819. The van der Waals surface area contributed by atoms with Crippen molar-refractivity contribution in [2.45, 2.75) is 76.5 Å². The predicted octanol–water partition coefficient (Wildman–Crippen LogP) is -0.728. The maximum absolute atomic E-state index is 13.1. The summed E-state index contributed by atoms with van der Waals surface area (Å²) in [5.74, 6) is -5.55. The lowest BCUT2D eigenvalue weighted by molar-refractivity contribution is -0.142. The minimum atomic E-state index is -1.30. The minimum absolute atomic E-state index is 0.0236. The van der Waals surface area contributed by atoms with Crippen LogP contribution in [0.2, 0.25) is 0 Å². The summed E-state index contributed by atoms with van der Waals surface area (Å²) >= 11 is 0. The lowest BCUT2D eigenvalue weighted by Crippen LogP contribution is -2.57. The number of carbonyl (C=O) groups is 6. The molecular formula is C25H37N5O8. The van der Waals surface area contributed by atoms with Gasteiger partial charge < -0.3 is 37.6 Å². The molecule has 0 aromatic heterocycles. The second kappa shape index (κ2) is 16.0. The zero-order valence-electron chi connectivity index (χ0n) is 21.5. The van der Waals surface area contributed by atoms with E-state index in [4.69, 9.17) is 16.6 Å². The first-order valence-electron chi connectivity index (χ1n) is 12.2. The standard InChI is InChI=1S/C25H37N5O8/c1-14(2)12-18(24(36)30-19(25(37)38)13-15-6-4-3-5-7-15)29-23(35)17(9-10-20(27)31)28-22(34)16(26)8-11-21(32)33/h3-7,14,16-19H,8-13,26H2,1-2H3,(H2,27,31)(H,28,34)(H,29,35)(H,30,36)(H,32,33)(H,37,38). The molecule has 210 valence electrons. The van der Waals surface area contributed by atoms with Gasteiger partial charge >= 0.3 is 11.9 Å². The average molecular weight is 536 g/mol. The Morgan fingerprint density at radius 2 is 1.34 bits per heavy atom. The number of amides is 4. The zero-order chi connectivity index (χ0) is 28.8. The predicted molar refractivity (Wildman–Crippen MR) is 136 cm³/mol. The molecule has 0 bridgehead atoms. The molecule has 38 heavy (non-hydrogen) atoms. The van der Waals surface area contributed by atoms with Gasteiger partial charge in [-0.1, -0.05) is 44.2 Å². The molecular weight excluding hydrogens is 498 g/mol. The number of hydrogen-bond acceptors (Lipinski definition) is 7. The summed E-state index contributed by atoms with van der Waals surface area (Å²) in [6.45, 7) is 3.61. The van der Waals surface area contributed by atoms with Gasteiger partial charge in [0.15, 0.2) is 0 Å². The molecule has 13 heteroatoms. The van der Waals surface area contributed by atoms with Crippen LogP contribution in [0.3, 0.4) is 0 Å². The summed E-state index contributed by atoms with van der Waals surface area (Å²) in [6, 6.07) is 3.79. The maximum atomic E-state index is 13.1. The molecule has 0 aliphatic rings. The SMILES string of the molecule is CC(C)CC(NC(=O)C(CCC(N)=O)NC(=O)C(N)CCC(=O)O)C(=O)NC(Cc1ccccc1)C(=O)O. The Balaban J connectivity index is 3.01. The second-order valence-electron chi connectivity index (χ2n) is 9.38. The number of aliphatic carboxylic acids is 2. The highest BCUT2D eigenvalue weighted by atomic mass is 16.4. The van der Waals surface area contributed by atoms with E-state index < -0.39 is 59.7 Å². The second-order valence-corrected chi connectivity index (χ2v) is 9.38. The van der Waals surface area contributed by atoms with Crippen LogP contribution in [-0.4, -0.2) is 69.9 Å². The van der Waals surface area contributed by atoms with Crippen molar-refractivity contribution < 1.29 is 39.0 Å². The topological polar surface area (TPSA) is 231 Å². The molecule has 4 atom stereocenters. The van der Waals surface area contributed by atoms with E-state index in [2.05, 4.69) is 16.0 Å². The van der Waals surface area contributed by atoms with Gasteiger partial charge in [0.1, 0.15) is 18.1 Å². The molecule has 4 unspecified atom stereocenters. The summed E-state index contributed by atoms with van der Waals surface area (Å²) in [5, 5.41) is 25.8. The van der Waals surface area contributed by atoms with Crippen LogP contribution >= 0.6 is 0 Å². The molecule has 0 aliphatic carbocycles. The quantitative estimate of drug-likeness (QED) is 0.133. The van der Waals surface area contributed by atoms with Gasteiger partial charge in [-0.2, -0.15) is 0 Å². The Kier molecular flexibility index (Phi) is 13.5. The van der Waals surface area contributed by atoms with Crippen LogP contribution in [0.15, 0.2) is 30.3 Å². The van der Waals surface area contributed by atoms with Crippen LogP contribution in [0, 0.1) is 5.92 Å². The van der Waals surface area contributed by atoms with Gasteiger partial charge in [-0.05, 0) is 30.7 Å². The largest absolute Gasteiger partial charge is 0.481 e. The van der Waals surface area contributed by atoms with Crippen LogP contribution in [0.25, 0.3) is 0 Å². The zero-order valence-corrected chi connectivity index (χ0v) is 21.5. The first-order valence-corrected chi connectivity index (χ1v) is 12.2. The maximum Gasteiger partial charge on any atom is 0.326 e. The molecule has 1 aromatic rings. The highest BCUT2D eigenvalue weighted by molar-refractivity contribution is 5.94. The van der Waals surface area contributed by atoms with E-state index in [1.54, 1.807) is 44.2 Å². The first-order chi connectivity index (χ1) is 17.8. The number of carboxylic acids is 2. The fourth-order valence-electron chi connectivity index (χ4n) is 3.54. The molecule has 0 heterocycles. The molecule has 0 aliphatic heterocycles. The van der Waals surface area contributed by atoms with Gasteiger partial charge in [0.25, 0.3) is 0 Å². The average Bonchev–Trinajstić information content (AvgIpc) is 2.83. The summed E-state index contributed by atoms with van der Waals surface area (Å²) in [5.41, 5.74) is 11.6. The van der Waals surface area contributed by atoms with E-state index in [9.17, 15) is 33.9 Å². The van der Waals surface area contributed by atoms with Crippen molar-refractivity contribution in [2.75, 3.05) is 0 Å². The van der Waals surface area contributed by atoms with E-state index in [1.807, 2.05) is 0 Å². The minimum Gasteiger partial charge on any atom is -0.481 e. The first kappa shape index (κ1) is 32.0. The Bertz CT molecular complexity index is 985. The van der Waals surface area contributed by atoms with Crippen molar-refractivity contribution in [1.82, 2.24) is 16.0 Å². The van der Waals surface area contributed by atoms with Gasteiger partial charge in [0.05, 0.1) is 6.04 Å². The Morgan fingerprint density at radius 3 is 1.87 bits per heavy atom. The van der Waals surface area contributed by atoms with Crippen LogP contribution in [0.4, 0.5) is 0 Å². The Labute approximate surface area is 220 Å². The van der Waals surface area contributed by atoms with Gasteiger partial charge in [0, 0.05) is 19.3 Å². The van der Waals surface area contributed by atoms with E-state index in [-0.39, 0.29) is 44.4 Å². The number of benzene rings is 1. The van der Waals surface area contributed by atoms with Crippen LogP contribution in [0.1, 0.15) is 51.5 Å². The van der Waals surface area contributed by atoms with Gasteiger partial charge in [-0.15, -0.1) is 0 Å². The number of carbonyl (C=O) groups excluding carboxylic acids is 4. The van der Waals surface area contributed by atoms with Crippen LogP contribution in [0.5, 0.6) is 0 Å². The molecule has 0 fully saturated rings. The lowest BCUT2D eigenvalue weighted by atomic mass is 10.0. The molecule has 0 spiro atoms.